The molecule has 6 aromatic rings. The first-order valence-electron chi connectivity index (χ1n) is 17.2. The predicted octanol–water partition coefficient (Wildman–Crippen LogP) is 7.05. The molecule has 0 atom stereocenters. The highest BCUT2D eigenvalue weighted by molar-refractivity contribution is 7.93. The van der Waals surface area contributed by atoms with Gasteiger partial charge >= 0.3 is 11.9 Å². The van der Waals surface area contributed by atoms with Gasteiger partial charge in [0.25, 0.3) is 20.0 Å². The van der Waals surface area contributed by atoms with Gasteiger partial charge in [-0.25, -0.2) is 34.8 Å². The fourth-order valence-electron chi connectivity index (χ4n) is 5.71. The summed E-state index contributed by atoms with van der Waals surface area (Å²) in [6.45, 7) is 2.31. The number of anilines is 2. The van der Waals surface area contributed by atoms with E-state index in [0.29, 0.717) is 29.0 Å². The third-order valence-electron chi connectivity index (χ3n) is 8.52. The Balaban J connectivity index is 1.19. The molecule has 0 amide bonds. The molecule has 0 bridgehead atoms. The molecule has 6 aromatic carbocycles. The van der Waals surface area contributed by atoms with E-state index < -0.39 is 64.4 Å². The van der Waals surface area contributed by atoms with Crippen molar-refractivity contribution in [2.24, 2.45) is 0 Å². The summed E-state index contributed by atoms with van der Waals surface area (Å²) in [4.78, 5) is 25.1. The number of carbonyl (C=O) groups is 2. The molecule has 17 heteroatoms. The minimum absolute atomic E-state index is 0.0829. The van der Waals surface area contributed by atoms with Gasteiger partial charge in [-0.3, -0.25) is 9.44 Å². The molecule has 0 aliphatic rings. The topological polar surface area (TPSA) is 220 Å². The molecule has 4 N–H and O–H groups in total. The van der Waals surface area contributed by atoms with Crippen LogP contribution >= 0.6 is 0 Å². The maximum Gasteiger partial charge on any atom is 0.347 e. The number of hydrogen-bond donors (Lipinski definition) is 4. The summed E-state index contributed by atoms with van der Waals surface area (Å²) in [5.41, 5.74) is 1.10. The van der Waals surface area contributed by atoms with Gasteiger partial charge in [0.15, 0.2) is 9.84 Å². The lowest BCUT2D eigenvalue weighted by Gasteiger charge is -2.14. The number of carboxylic acids is 1. The average Bonchev–Trinajstić information content (AvgIpc) is 3.17. The van der Waals surface area contributed by atoms with Crippen LogP contribution in [-0.2, 0) is 29.9 Å². The van der Waals surface area contributed by atoms with Crippen LogP contribution in [0, 0.1) is 0 Å². The quantitative estimate of drug-likeness (QED) is 0.0641. The van der Waals surface area contributed by atoms with Crippen LogP contribution in [0.15, 0.2) is 148 Å². The number of nitrogens with one attached hydrogen (secondary N) is 2. The molecule has 0 unspecified atom stereocenters. The minimum atomic E-state index is -4.31. The smallest absolute Gasteiger partial charge is 0.347 e. The van der Waals surface area contributed by atoms with E-state index in [4.69, 9.17) is 9.47 Å². The van der Waals surface area contributed by atoms with Crippen molar-refractivity contribution in [1.82, 2.24) is 0 Å². The van der Waals surface area contributed by atoms with E-state index >= 15 is 0 Å². The second kappa shape index (κ2) is 16.4. The molecule has 0 saturated carbocycles. The second-order valence-electron chi connectivity index (χ2n) is 12.7. The van der Waals surface area contributed by atoms with Crippen LogP contribution in [0.4, 0.5) is 11.4 Å². The lowest BCUT2D eigenvalue weighted by molar-refractivity contribution is 0.0681. The third-order valence-corrected chi connectivity index (χ3v) is 12.4. The van der Waals surface area contributed by atoms with Crippen molar-refractivity contribution >= 4 is 53.2 Å². The number of rotatable bonds is 14. The van der Waals surface area contributed by atoms with Gasteiger partial charge in [-0.2, -0.15) is 0 Å². The van der Waals surface area contributed by atoms with Gasteiger partial charge in [0, 0.05) is 18.4 Å². The molecule has 0 radical (unpaired) electrons. The molecule has 0 spiro atoms. The maximum absolute atomic E-state index is 13.4. The number of sulfonamides is 2. The van der Waals surface area contributed by atoms with Gasteiger partial charge in [-0.15, -0.1) is 0 Å². The summed E-state index contributed by atoms with van der Waals surface area (Å²) < 4.78 is 92.8. The van der Waals surface area contributed by atoms with E-state index in [2.05, 4.69) is 9.44 Å². The molecule has 0 aliphatic heterocycles. The summed E-state index contributed by atoms with van der Waals surface area (Å²) in [5, 5.41) is 20.5. The van der Waals surface area contributed by atoms with Crippen LogP contribution in [0.5, 0.6) is 17.2 Å². The zero-order valence-corrected chi connectivity index (χ0v) is 33.1. The summed E-state index contributed by atoms with van der Waals surface area (Å²) in [6.07, 6.45) is 1.07. The number of aromatic carboxylic acids is 1. The molecule has 0 heterocycles. The van der Waals surface area contributed by atoms with E-state index in [1.807, 2.05) is 6.92 Å². The Labute approximate surface area is 334 Å². The molecule has 0 fully saturated rings. The monoisotopic (exact) mass is 842 g/mol. The fraction of sp³-hybridized carbons (Fsp3) is 0.0732. The molecular weight excluding hydrogens is 809 g/mol. The van der Waals surface area contributed by atoms with Crippen molar-refractivity contribution in [2.75, 3.05) is 22.3 Å². The Hall–Kier alpha value is -6.69. The number of esters is 1. The molecule has 58 heavy (non-hydrogen) atoms. The van der Waals surface area contributed by atoms with E-state index in [1.54, 1.807) is 42.5 Å². The van der Waals surface area contributed by atoms with E-state index in [-0.39, 0.29) is 26.1 Å². The summed E-state index contributed by atoms with van der Waals surface area (Å²) >= 11 is 0. The van der Waals surface area contributed by atoms with Gasteiger partial charge in [0.2, 0.25) is 0 Å². The molecule has 298 valence electrons. The van der Waals surface area contributed by atoms with Crippen LogP contribution in [-0.4, -0.2) is 60.3 Å². The van der Waals surface area contributed by atoms with Crippen molar-refractivity contribution in [3.05, 3.63) is 145 Å². The second-order valence-corrected chi connectivity index (χ2v) is 18.0. The van der Waals surface area contributed by atoms with Crippen molar-refractivity contribution in [1.29, 1.82) is 0 Å². The molecular formula is C41H34N2O12S3. The summed E-state index contributed by atoms with van der Waals surface area (Å²) in [6, 6.07) is 31.4. The van der Waals surface area contributed by atoms with Gasteiger partial charge in [0.05, 0.1) is 32.7 Å². The van der Waals surface area contributed by atoms with Gasteiger partial charge in [-0.05, 0) is 102 Å². The highest BCUT2D eigenvalue weighted by Crippen LogP contribution is 2.32. The lowest BCUT2D eigenvalue weighted by Crippen LogP contribution is -2.15. The lowest BCUT2D eigenvalue weighted by atomic mass is 10.1. The molecule has 0 saturated heterocycles. The van der Waals surface area contributed by atoms with Crippen LogP contribution in [0.3, 0.4) is 0 Å². The zero-order chi connectivity index (χ0) is 41.8. The van der Waals surface area contributed by atoms with E-state index in [0.717, 1.165) is 42.2 Å². The third kappa shape index (κ3) is 9.46. The van der Waals surface area contributed by atoms with Gasteiger partial charge in [0.1, 0.15) is 28.4 Å². The highest BCUT2D eigenvalue weighted by atomic mass is 32.2. The largest absolute Gasteiger partial charge is 0.507 e. The number of phenols is 1. The number of benzene rings is 6. The first kappa shape index (κ1) is 41.0. The molecule has 0 aromatic heterocycles. The normalized spacial score (nSPS) is 11.7. The van der Waals surface area contributed by atoms with Gasteiger partial charge in [-0.1, -0.05) is 48.5 Å². The van der Waals surface area contributed by atoms with Crippen molar-refractivity contribution in [3.8, 4) is 39.5 Å². The predicted molar refractivity (Wildman–Crippen MR) is 216 cm³/mol. The Morgan fingerprint density at radius 3 is 1.64 bits per heavy atom. The maximum atomic E-state index is 13.4. The highest BCUT2D eigenvalue weighted by Gasteiger charge is 2.23. The zero-order valence-electron chi connectivity index (χ0n) is 30.6. The number of sulfone groups is 1. The van der Waals surface area contributed by atoms with Crippen LogP contribution in [0.25, 0.3) is 22.3 Å². The van der Waals surface area contributed by atoms with Crippen LogP contribution in [0.1, 0.15) is 27.6 Å². The number of carboxylic acid groups (broad SMARTS) is 1. The Morgan fingerprint density at radius 1 is 0.586 bits per heavy atom. The molecule has 14 nitrogen and oxygen atoms in total. The van der Waals surface area contributed by atoms with Crippen LogP contribution in [0.2, 0.25) is 0 Å². The SMILES string of the molecule is CCOc1cccc(-c2cccc(S(=O)(=O)Nc3ccc(C(=O)Oc4cc(NS(=O)(=O)c5cccc(-c6ccc(S(C)(=O)=O)cc6)c5)ccc4C(=O)O)c(O)c3)c2)c1. The van der Waals surface area contributed by atoms with Gasteiger partial charge < -0.3 is 19.7 Å². The summed E-state index contributed by atoms with van der Waals surface area (Å²) in [5.74, 6) is -3.38. The Kier molecular flexibility index (Phi) is 11.6. The first-order valence-corrected chi connectivity index (χ1v) is 22.0. The average molecular weight is 843 g/mol. The Morgan fingerprint density at radius 2 is 1.10 bits per heavy atom. The van der Waals surface area contributed by atoms with E-state index in [9.17, 15) is 45.1 Å². The Bertz CT molecular complexity index is 2900. The number of ether oxygens (including phenoxy) is 2. The molecule has 6 rings (SSSR count). The van der Waals surface area contributed by atoms with Crippen molar-refractivity contribution in [2.45, 2.75) is 21.6 Å². The number of hydrogen-bond acceptors (Lipinski definition) is 11. The number of phenolic OH excluding ortho intramolecular Hbond substituents is 1. The fourth-order valence-corrected chi connectivity index (χ4v) is 8.53. The van der Waals surface area contributed by atoms with Crippen molar-refractivity contribution < 1.29 is 54.5 Å². The summed E-state index contributed by atoms with van der Waals surface area (Å²) in [7, 11) is -11.9. The van der Waals surface area contributed by atoms with Crippen LogP contribution < -0.4 is 18.9 Å². The van der Waals surface area contributed by atoms with Crippen molar-refractivity contribution in [3.63, 3.8) is 0 Å². The minimum Gasteiger partial charge on any atom is -0.507 e. The number of aromatic hydroxyl groups is 1. The van der Waals surface area contributed by atoms with E-state index in [1.165, 1.54) is 60.7 Å². The number of carbonyl (C=O) groups excluding carboxylic acids is 1. The standard InChI is InChI=1S/C41H34N2O12S3/c1-3-54-32-10-4-7-27(21-32)29-9-6-12-35(23-29)57(50,51)42-30-15-19-36(38(44)24-30)41(47)55-39-25-31(16-20-37(39)40(45)46)43-58(52,53)34-11-5-8-28(22-34)26-13-17-33(18-14-26)56(2,48)49/h4-25,42-44H,3H2,1-2H3,(H,45,46). The molecule has 0 aliphatic carbocycles. The first-order chi connectivity index (χ1) is 27.4.